The topological polar surface area (TPSA) is 29.3 Å². The second-order valence-corrected chi connectivity index (χ2v) is 4.13. The van der Waals surface area contributed by atoms with Crippen LogP contribution in [0.5, 0.6) is 0 Å². The van der Waals surface area contributed by atoms with Crippen LogP contribution < -0.4 is 10.6 Å². The first kappa shape index (κ1) is 10.4. The van der Waals surface area contributed by atoms with Gasteiger partial charge in [-0.05, 0) is 25.0 Å². The Bertz CT molecular complexity index is 386. The van der Waals surface area contributed by atoms with Crippen molar-refractivity contribution in [3.63, 3.8) is 0 Å². The van der Waals surface area contributed by atoms with Crippen molar-refractivity contribution < 1.29 is 4.39 Å². The highest BCUT2D eigenvalue weighted by atomic mass is 32.1. The van der Waals surface area contributed by atoms with Crippen LogP contribution in [0.4, 0.5) is 10.1 Å². The molecular weight excluding hydrogens is 211 g/mol. The van der Waals surface area contributed by atoms with Crippen LogP contribution in [0.25, 0.3) is 0 Å². The molecule has 0 unspecified atom stereocenters. The Kier molecular flexibility index (Phi) is 2.86. The van der Waals surface area contributed by atoms with E-state index in [0.29, 0.717) is 5.56 Å². The van der Waals surface area contributed by atoms with Crippen LogP contribution in [0.15, 0.2) is 18.2 Å². The molecule has 15 heavy (non-hydrogen) atoms. The minimum atomic E-state index is -0.327. The summed E-state index contributed by atoms with van der Waals surface area (Å²) < 4.78 is 13.6. The Morgan fingerprint density at radius 2 is 2.00 bits per heavy atom. The van der Waals surface area contributed by atoms with Gasteiger partial charge in [0, 0.05) is 18.8 Å². The Morgan fingerprint density at radius 3 is 2.60 bits per heavy atom. The first-order valence-electron chi connectivity index (χ1n) is 5.03. The average molecular weight is 224 g/mol. The molecule has 0 saturated carbocycles. The van der Waals surface area contributed by atoms with Gasteiger partial charge < -0.3 is 10.6 Å². The first-order chi connectivity index (χ1) is 7.20. The van der Waals surface area contributed by atoms with E-state index in [1.807, 2.05) is 6.07 Å². The minimum absolute atomic E-state index is 0.134. The number of nitrogens with zero attached hydrogens (tertiary/aromatic N) is 1. The highest BCUT2D eigenvalue weighted by Crippen LogP contribution is 2.26. The molecule has 0 bridgehead atoms. The monoisotopic (exact) mass is 224 g/mol. The van der Waals surface area contributed by atoms with Crippen LogP contribution in [-0.2, 0) is 0 Å². The highest BCUT2D eigenvalue weighted by molar-refractivity contribution is 7.80. The third kappa shape index (κ3) is 1.95. The molecule has 80 valence electrons. The van der Waals surface area contributed by atoms with E-state index in [9.17, 15) is 4.39 Å². The largest absolute Gasteiger partial charge is 0.389 e. The van der Waals surface area contributed by atoms with Crippen LogP contribution in [0.1, 0.15) is 18.4 Å². The van der Waals surface area contributed by atoms with Crippen LogP contribution in [0.3, 0.4) is 0 Å². The smallest absolute Gasteiger partial charge is 0.135 e. The molecule has 0 atom stereocenters. The summed E-state index contributed by atoms with van der Waals surface area (Å²) in [4.78, 5) is 2.27. The summed E-state index contributed by atoms with van der Waals surface area (Å²) in [6.45, 7) is 1.91. The van der Waals surface area contributed by atoms with Crippen molar-refractivity contribution in [2.24, 2.45) is 5.73 Å². The third-order valence-corrected chi connectivity index (χ3v) is 2.89. The molecule has 0 radical (unpaired) electrons. The number of hydrogen-bond donors (Lipinski definition) is 1. The molecule has 1 aliphatic rings. The number of halogens is 1. The van der Waals surface area contributed by atoms with Crippen molar-refractivity contribution >= 4 is 22.9 Å². The van der Waals surface area contributed by atoms with E-state index >= 15 is 0 Å². The van der Waals surface area contributed by atoms with E-state index in [0.717, 1.165) is 31.6 Å². The van der Waals surface area contributed by atoms with Gasteiger partial charge in [-0.15, -0.1) is 0 Å². The van der Waals surface area contributed by atoms with E-state index in [2.05, 4.69) is 4.90 Å². The quantitative estimate of drug-likeness (QED) is 0.780. The molecule has 0 amide bonds. The Hall–Kier alpha value is -1.16. The summed E-state index contributed by atoms with van der Waals surface area (Å²) >= 11 is 4.88. The standard InChI is InChI=1S/C11H13FN2S/c12-8-4-3-5-9(10(8)11(13)15)14-6-1-2-7-14/h3-5H,1-2,6-7H2,(H2,13,15). The van der Waals surface area contributed by atoms with Crippen molar-refractivity contribution in [3.05, 3.63) is 29.6 Å². The minimum Gasteiger partial charge on any atom is -0.389 e. The average Bonchev–Trinajstić information content (AvgIpc) is 2.69. The molecule has 1 aromatic carbocycles. The molecule has 1 aromatic rings. The van der Waals surface area contributed by atoms with Crippen LogP contribution in [0.2, 0.25) is 0 Å². The van der Waals surface area contributed by atoms with Gasteiger partial charge in [-0.25, -0.2) is 4.39 Å². The van der Waals surface area contributed by atoms with Crippen molar-refractivity contribution in [1.29, 1.82) is 0 Å². The van der Waals surface area contributed by atoms with Crippen molar-refractivity contribution in [2.45, 2.75) is 12.8 Å². The van der Waals surface area contributed by atoms with Gasteiger partial charge in [0.2, 0.25) is 0 Å². The lowest BCUT2D eigenvalue weighted by Gasteiger charge is -2.21. The van der Waals surface area contributed by atoms with Gasteiger partial charge in [-0.2, -0.15) is 0 Å². The summed E-state index contributed by atoms with van der Waals surface area (Å²) in [5.41, 5.74) is 6.76. The molecule has 2 N–H and O–H groups in total. The van der Waals surface area contributed by atoms with E-state index in [4.69, 9.17) is 18.0 Å². The zero-order valence-electron chi connectivity index (χ0n) is 8.37. The molecule has 4 heteroatoms. The number of hydrogen-bond acceptors (Lipinski definition) is 2. The number of thiocarbonyl (C=S) groups is 1. The van der Waals surface area contributed by atoms with Crippen LogP contribution in [-0.4, -0.2) is 18.1 Å². The molecule has 2 nitrogen and oxygen atoms in total. The zero-order chi connectivity index (χ0) is 10.8. The van der Waals surface area contributed by atoms with E-state index in [1.165, 1.54) is 6.07 Å². The first-order valence-corrected chi connectivity index (χ1v) is 5.44. The molecule has 2 rings (SSSR count). The molecule has 0 spiro atoms. The van der Waals surface area contributed by atoms with Gasteiger partial charge >= 0.3 is 0 Å². The molecule has 0 aromatic heterocycles. The lowest BCUT2D eigenvalue weighted by atomic mass is 10.1. The summed E-state index contributed by atoms with van der Waals surface area (Å²) in [6, 6.07) is 4.97. The van der Waals surface area contributed by atoms with Crippen molar-refractivity contribution in [1.82, 2.24) is 0 Å². The van der Waals surface area contributed by atoms with Crippen molar-refractivity contribution in [3.8, 4) is 0 Å². The predicted octanol–water partition coefficient (Wildman–Crippen LogP) is 2.06. The fraction of sp³-hybridized carbons (Fsp3) is 0.364. The summed E-state index contributed by atoms with van der Waals surface area (Å²) in [5, 5.41) is 0. The fourth-order valence-electron chi connectivity index (χ4n) is 1.98. The Morgan fingerprint density at radius 1 is 1.33 bits per heavy atom. The molecule has 1 aliphatic heterocycles. The molecule has 1 fully saturated rings. The second kappa shape index (κ2) is 4.14. The maximum Gasteiger partial charge on any atom is 0.135 e. The number of rotatable bonds is 2. The predicted molar refractivity (Wildman–Crippen MR) is 63.7 cm³/mol. The fourth-order valence-corrected chi connectivity index (χ4v) is 2.18. The zero-order valence-corrected chi connectivity index (χ0v) is 9.19. The molecule has 1 saturated heterocycles. The van der Waals surface area contributed by atoms with Gasteiger partial charge in [0.1, 0.15) is 10.8 Å². The molecule has 1 heterocycles. The van der Waals surface area contributed by atoms with Gasteiger partial charge in [0.15, 0.2) is 0 Å². The SMILES string of the molecule is NC(=S)c1c(F)cccc1N1CCCC1. The number of anilines is 1. The Labute approximate surface area is 93.9 Å². The van der Waals surface area contributed by atoms with Gasteiger partial charge in [0.25, 0.3) is 0 Å². The van der Waals surface area contributed by atoms with Gasteiger partial charge in [-0.3, -0.25) is 0 Å². The van der Waals surface area contributed by atoms with E-state index in [-0.39, 0.29) is 10.8 Å². The number of benzene rings is 1. The third-order valence-electron chi connectivity index (χ3n) is 2.68. The molecular formula is C11H13FN2S. The maximum absolute atomic E-state index is 13.6. The normalized spacial score (nSPS) is 15.7. The lowest BCUT2D eigenvalue weighted by Crippen LogP contribution is -2.23. The van der Waals surface area contributed by atoms with Gasteiger partial charge in [0.05, 0.1) is 5.56 Å². The Balaban J connectivity index is 2.45. The van der Waals surface area contributed by atoms with Gasteiger partial charge in [-0.1, -0.05) is 18.3 Å². The van der Waals surface area contributed by atoms with E-state index in [1.54, 1.807) is 6.07 Å². The van der Waals surface area contributed by atoms with E-state index < -0.39 is 0 Å². The second-order valence-electron chi connectivity index (χ2n) is 3.69. The summed E-state index contributed by atoms with van der Waals surface area (Å²) in [7, 11) is 0. The summed E-state index contributed by atoms with van der Waals surface area (Å²) in [5.74, 6) is -0.327. The summed E-state index contributed by atoms with van der Waals surface area (Å²) in [6.07, 6.45) is 2.29. The lowest BCUT2D eigenvalue weighted by molar-refractivity contribution is 0.625. The number of nitrogens with two attached hydrogens (primary N) is 1. The maximum atomic E-state index is 13.6. The van der Waals surface area contributed by atoms with Crippen LogP contribution >= 0.6 is 12.2 Å². The highest BCUT2D eigenvalue weighted by Gasteiger charge is 2.19. The van der Waals surface area contributed by atoms with Crippen molar-refractivity contribution in [2.75, 3.05) is 18.0 Å². The molecule has 0 aliphatic carbocycles. The van der Waals surface area contributed by atoms with Crippen LogP contribution in [0, 0.1) is 5.82 Å².